The molecule has 1 aromatic carbocycles. The van der Waals surface area contributed by atoms with Gasteiger partial charge in [0.05, 0.1) is 6.61 Å². The highest BCUT2D eigenvalue weighted by Gasteiger charge is 2.09. The van der Waals surface area contributed by atoms with Gasteiger partial charge >= 0.3 is 0 Å². The molecule has 0 heterocycles. The Balaban J connectivity index is 2.80. The first-order valence-electron chi connectivity index (χ1n) is 3.44. The van der Waals surface area contributed by atoms with Crippen LogP contribution in [-0.2, 0) is 4.89 Å². The van der Waals surface area contributed by atoms with Gasteiger partial charge in [0.25, 0.3) is 0 Å². The molecule has 0 unspecified atom stereocenters. The summed E-state index contributed by atoms with van der Waals surface area (Å²) in [5.74, 6) is -0.367. The topological polar surface area (TPSA) is 49.7 Å². The standard InChI is InChI=1S/C8H9FO3/c9-7-3-1-6(2-4-7)8(5-10)12-11/h1-4,8,10-11H,5H2/t8-/m1/s1. The summed E-state index contributed by atoms with van der Waals surface area (Å²) in [4.78, 5) is 3.95. The molecule has 0 saturated carbocycles. The summed E-state index contributed by atoms with van der Waals surface area (Å²) in [5.41, 5.74) is 0.529. The minimum Gasteiger partial charge on any atom is -0.393 e. The van der Waals surface area contributed by atoms with E-state index < -0.39 is 6.10 Å². The second-order valence-corrected chi connectivity index (χ2v) is 2.33. The minimum atomic E-state index is -0.800. The van der Waals surface area contributed by atoms with Gasteiger partial charge in [-0.15, -0.1) is 0 Å². The predicted octanol–water partition coefficient (Wildman–Crippen LogP) is 1.35. The Kier molecular flexibility index (Phi) is 3.16. The second-order valence-electron chi connectivity index (χ2n) is 2.33. The summed E-state index contributed by atoms with van der Waals surface area (Å²) in [7, 11) is 0. The fourth-order valence-corrected chi connectivity index (χ4v) is 0.877. The Morgan fingerprint density at radius 3 is 2.33 bits per heavy atom. The van der Waals surface area contributed by atoms with E-state index in [0.717, 1.165) is 0 Å². The predicted molar refractivity (Wildman–Crippen MR) is 39.9 cm³/mol. The fourth-order valence-electron chi connectivity index (χ4n) is 0.877. The maximum absolute atomic E-state index is 12.4. The Labute approximate surface area is 69.0 Å². The summed E-state index contributed by atoms with van der Waals surface area (Å²) in [6.07, 6.45) is -0.800. The van der Waals surface area contributed by atoms with Crippen molar-refractivity contribution in [2.45, 2.75) is 6.10 Å². The minimum absolute atomic E-state index is 0.345. The summed E-state index contributed by atoms with van der Waals surface area (Å²) in [5, 5.41) is 17.0. The van der Waals surface area contributed by atoms with Crippen LogP contribution in [0.4, 0.5) is 4.39 Å². The quantitative estimate of drug-likeness (QED) is 0.534. The average Bonchev–Trinajstić information content (AvgIpc) is 2.10. The first-order chi connectivity index (χ1) is 5.77. The van der Waals surface area contributed by atoms with E-state index in [9.17, 15) is 4.39 Å². The summed E-state index contributed by atoms with van der Waals surface area (Å²) < 4.78 is 12.4. The largest absolute Gasteiger partial charge is 0.393 e. The van der Waals surface area contributed by atoms with Gasteiger partial charge in [0, 0.05) is 0 Å². The van der Waals surface area contributed by atoms with Gasteiger partial charge in [-0.2, -0.15) is 0 Å². The molecule has 0 spiro atoms. The monoisotopic (exact) mass is 172 g/mol. The van der Waals surface area contributed by atoms with Crippen LogP contribution >= 0.6 is 0 Å². The van der Waals surface area contributed by atoms with Gasteiger partial charge < -0.3 is 5.11 Å². The molecule has 1 atom stereocenters. The van der Waals surface area contributed by atoms with Crippen LogP contribution in [0.5, 0.6) is 0 Å². The molecule has 0 fully saturated rings. The lowest BCUT2D eigenvalue weighted by atomic mass is 10.1. The Morgan fingerprint density at radius 2 is 1.92 bits per heavy atom. The maximum Gasteiger partial charge on any atom is 0.141 e. The highest BCUT2D eigenvalue weighted by molar-refractivity contribution is 5.18. The Morgan fingerprint density at radius 1 is 1.33 bits per heavy atom. The molecule has 66 valence electrons. The number of aliphatic hydroxyl groups excluding tert-OH is 1. The molecule has 1 rings (SSSR count). The Bertz CT molecular complexity index is 231. The SMILES string of the molecule is OC[C@@H](OO)c1ccc(F)cc1. The van der Waals surface area contributed by atoms with E-state index >= 15 is 0 Å². The van der Waals surface area contributed by atoms with E-state index in [-0.39, 0.29) is 12.4 Å². The molecule has 4 heteroatoms. The zero-order valence-corrected chi connectivity index (χ0v) is 6.27. The number of rotatable bonds is 3. The molecule has 0 aliphatic carbocycles. The third kappa shape index (κ3) is 2.01. The highest BCUT2D eigenvalue weighted by Crippen LogP contribution is 2.15. The molecule has 0 aliphatic rings. The first kappa shape index (κ1) is 9.12. The molecule has 0 radical (unpaired) electrons. The first-order valence-corrected chi connectivity index (χ1v) is 3.44. The molecule has 0 aromatic heterocycles. The van der Waals surface area contributed by atoms with Gasteiger partial charge in [0.2, 0.25) is 0 Å². The van der Waals surface area contributed by atoms with Crippen molar-refractivity contribution >= 4 is 0 Å². The van der Waals surface area contributed by atoms with Crippen molar-refractivity contribution in [3.63, 3.8) is 0 Å². The molecule has 0 amide bonds. The van der Waals surface area contributed by atoms with Gasteiger partial charge in [-0.05, 0) is 17.7 Å². The Hall–Kier alpha value is -0.970. The van der Waals surface area contributed by atoms with Crippen molar-refractivity contribution in [2.24, 2.45) is 0 Å². The lowest BCUT2D eigenvalue weighted by molar-refractivity contribution is -0.288. The van der Waals surface area contributed by atoms with Crippen LogP contribution < -0.4 is 0 Å². The number of hydrogen-bond acceptors (Lipinski definition) is 3. The molecular formula is C8H9FO3. The van der Waals surface area contributed by atoms with Crippen LogP contribution in [0.1, 0.15) is 11.7 Å². The van der Waals surface area contributed by atoms with E-state index in [4.69, 9.17) is 10.4 Å². The van der Waals surface area contributed by atoms with E-state index in [2.05, 4.69) is 4.89 Å². The lowest BCUT2D eigenvalue weighted by Crippen LogP contribution is -2.06. The maximum atomic E-state index is 12.4. The molecule has 3 nitrogen and oxygen atoms in total. The molecular weight excluding hydrogens is 163 g/mol. The average molecular weight is 172 g/mol. The van der Waals surface area contributed by atoms with Crippen LogP contribution in [0.2, 0.25) is 0 Å². The zero-order valence-electron chi connectivity index (χ0n) is 6.27. The molecule has 12 heavy (non-hydrogen) atoms. The third-order valence-corrected chi connectivity index (χ3v) is 1.53. The van der Waals surface area contributed by atoms with Gasteiger partial charge in [-0.1, -0.05) is 12.1 Å². The van der Waals surface area contributed by atoms with Gasteiger partial charge in [0.15, 0.2) is 0 Å². The summed E-state index contributed by atoms with van der Waals surface area (Å²) >= 11 is 0. The van der Waals surface area contributed by atoms with Gasteiger partial charge in [0.1, 0.15) is 11.9 Å². The highest BCUT2D eigenvalue weighted by atomic mass is 19.1. The van der Waals surface area contributed by atoms with Gasteiger partial charge in [-0.3, -0.25) is 5.26 Å². The molecule has 0 bridgehead atoms. The zero-order chi connectivity index (χ0) is 8.97. The number of aliphatic hydroxyl groups is 1. The number of hydrogen-bond donors (Lipinski definition) is 2. The van der Waals surface area contributed by atoms with Crippen molar-refractivity contribution in [1.82, 2.24) is 0 Å². The van der Waals surface area contributed by atoms with E-state index in [1.807, 2.05) is 0 Å². The molecule has 2 N–H and O–H groups in total. The van der Waals surface area contributed by atoms with Crippen molar-refractivity contribution in [1.29, 1.82) is 0 Å². The van der Waals surface area contributed by atoms with Crippen LogP contribution in [0.25, 0.3) is 0 Å². The van der Waals surface area contributed by atoms with E-state index in [0.29, 0.717) is 5.56 Å². The van der Waals surface area contributed by atoms with Crippen LogP contribution in [0.15, 0.2) is 24.3 Å². The lowest BCUT2D eigenvalue weighted by Gasteiger charge is -2.09. The normalized spacial score (nSPS) is 12.9. The smallest absolute Gasteiger partial charge is 0.141 e. The summed E-state index contributed by atoms with van der Waals surface area (Å²) in [6, 6.07) is 5.34. The second kappa shape index (κ2) is 4.15. The number of halogens is 1. The van der Waals surface area contributed by atoms with Crippen LogP contribution in [-0.4, -0.2) is 17.0 Å². The molecule has 0 aliphatic heterocycles. The van der Waals surface area contributed by atoms with Crippen molar-refractivity contribution in [2.75, 3.05) is 6.61 Å². The molecule has 1 aromatic rings. The summed E-state index contributed by atoms with van der Waals surface area (Å²) in [6.45, 7) is -0.345. The van der Waals surface area contributed by atoms with Crippen LogP contribution in [0, 0.1) is 5.82 Å². The number of benzene rings is 1. The van der Waals surface area contributed by atoms with E-state index in [1.54, 1.807) is 0 Å². The third-order valence-electron chi connectivity index (χ3n) is 1.53. The van der Waals surface area contributed by atoms with Crippen molar-refractivity contribution < 1.29 is 19.6 Å². The van der Waals surface area contributed by atoms with Crippen molar-refractivity contribution in [3.8, 4) is 0 Å². The van der Waals surface area contributed by atoms with Crippen LogP contribution in [0.3, 0.4) is 0 Å². The molecule has 0 saturated heterocycles. The van der Waals surface area contributed by atoms with E-state index in [1.165, 1.54) is 24.3 Å². The van der Waals surface area contributed by atoms with Crippen molar-refractivity contribution in [3.05, 3.63) is 35.6 Å². The fraction of sp³-hybridized carbons (Fsp3) is 0.250. The van der Waals surface area contributed by atoms with Gasteiger partial charge in [-0.25, -0.2) is 9.28 Å².